The van der Waals surface area contributed by atoms with Crippen LogP contribution in [0.15, 0.2) is 24.3 Å². The Hall–Kier alpha value is -2.81. The topological polar surface area (TPSA) is 128 Å². The van der Waals surface area contributed by atoms with Crippen LogP contribution in [0.25, 0.3) is 0 Å². The number of nitrogens with one attached hydrogen (secondary N) is 2. The zero-order chi connectivity index (χ0) is 25.2. The number of benzene rings is 1. The van der Waals surface area contributed by atoms with Gasteiger partial charge < -0.3 is 30.5 Å². The second-order valence-electron chi connectivity index (χ2n) is 9.26. The molecule has 0 radical (unpaired) electrons. The Balaban J connectivity index is 3.32. The number of aliphatic hydroxyl groups excluding tert-OH is 1. The minimum Gasteiger partial charge on any atom is -0.508 e. The van der Waals surface area contributed by atoms with E-state index in [1.165, 1.54) is 17.0 Å². The molecule has 2 atom stereocenters. The number of aromatic hydroxyl groups is 1. The van der Waals surface area contributed by atoms with E-state index < -0.39 is 35.6 Å². The number of phenolic OH excluding ortho intramolecular Hbond substituents is 1. The molecule has 0 aliphatic rings. The molecular formula is C24H39N3O6. The first-order chi connectivity index (χ1) is 15.4. The highest BCUT2D eigenvalue weighted by Crippen LogP contribution is 2.25. The van der Waals surface area contributed by atoms with Crippen LogP contribution in [0.1, 0.15) is 66.0 Å². The van der Waals surface area contributed by atoms with Crippen molar-refractivity contribution >= 4 is 17.9 Å². The van der Waals surface area contributed by atoms with Crippen molar-refractivity contribution in [1.82, 2.24) is 15.5 Å². The summed E-state index contributed by atoms with van der Waals surface area (Å²) in [5.41, 5.74) is -0.268. The summed E-state index contributed by atoms with van der Waals surface area (Å²) in [4.78, 5) is 40.4. The number of ether oxygens (including phenoxy) is 1. The third-order valence-electron chi connectivity index (χ3n) is 4.83. The Morgan fingerprint density at radius 2 is 1.73 bits per heavy atom. The van der Waals surface area contributed by atoms with Crippen LogP contribution in [-0.4, -0.2) is 64.4 Å². The van der Waals surface area contributed by atoms with Crippen molar-refractivity contribution in [2.45, 2.75) is 72.1 Å². The summed E-state index contributed by atoms with van der Waals surface area (Å²) in [5.74, 6) is -1.21. The predicted molar refractivity (Wildman–Crippen MR) is 126 cm³/mol. The number of hydrogen-bond acceptors (Lipinski definition) is 6. The van der Waals surface area contributed by atoms with Crippen LogP contribution >= 0.6 is 0 Å². The van der Waals surface area contributed by atoms with Gasteiger partial charge in [-0.15, -0.1) is 0 Å². The Kier molecular flexibility index (Phi) is 11.1. The zero-order valence-corrected chi connectivity index (χ0v) is 20.6. The maximum atomic E-state index is 13.6. The molecule has 0 spiro atoms. The zero-order valence-electron chi connectivity index (χ0n) is 20.6. The number of unbranched alkanes of at least 4 members (excludes halogenated alkanes) is 1. The first kappa shape index (κ1) is 28.2. The predicted octanol–water partition coefficient (Wildman–Crippen LogP) is 2.72. The van der Waals surface area contributed by atoms with Crippen molar-refractivity contribution in [3.63, 3.8) is 0 Å². The van der Waals surface area contributed by atoms with E-state index in [1.54, 1.807) is 46.8 Å². The minimum absolute atomic E-state index is 0.0237. The standard InChI is InChI=1S/C24H39N3O6/c1-7-8-13-25-21(30)20(17-9-11-18(29)12-10-17)27(14-15-28)22(31)19(16(2)3)26-23(32)33-24(4,5)6/h9-12,16,19-20,28-29H,7-8,13-15H2,1-6H3,(H,25,30)(H,26,32). The fourth-order valence-corrected chi connectivity index (χ4v) is 3.22. The second-order valence-corrected chi connectivity index (χ2v) is 9.26. The average molecular weight is 466 g/mol. The van der Waals surface area contributed by atoms with Crippen LogP contribution in [0.3, 0.4) is 0 Å². The van der Waals surface area contributed by atoms with Crippen molar-refractivity contribution in [3.05, 3.63) is 29.8 Å². The summed E-state index contributed by atoms with van der Waals surface area (Å²) in [6.07, 6.45) is 0.919. The SMILES string of the molecule is CCCCNC(=O)C(c1ccc(O)cc1)N(CCO)C(=O)C(NC(=O)OC(C)(C)C)C(C)C. The number of alkyl carbamates (subject to hydrolysis) is 1. The van der Waals surface area contributed by atoms with Crippen molar-refractivity contribution in [3.8, 4) is 5.75 Å². The fraction of sp³-hybridized carbons (Fsp3) is 0.625. The summed E-state index contributed by atoms with van der Waals surface area (Å²) in [7, 11) is 0. The van der Waals surface area contributed by atoms with Crippen molar-refractivity contribution in [1.29, 1.82) is 0 Å². The molecule has 0 heterocycles. The van der Waals surface area contributed by atoms with Gasteiger partial charge in [0, 0.05) is 13.1 Å². The lowest BCUT2D eigenvalue weighted by molar-refractivity contribution is -0.143. The molecule has 0 saturated carbocycles. The lowest BCUT2D eigenvalue weighted by atomic mass is 9.98. The summed E-state index contributed by atoms with van der Waals surface area (Å²) in [6, 6.07) is 3.95. The monoisotopic (exact) mass is 465 g/mol. The van der Waals surface area contributed by atoms with Crippen molar-refractivity contribution < 1.29 is 29.3 Å². The summed E-state index contributed by atoms with van der Waals surface area (Å²) < 4.78 is 5.30. The molecule has 1 rings (SSSR count). The summed E-state index contributed by atoms with van der Waals surface area (Å²) >= 11 is 0. The second kappa shape index (κ2) is 13.0. The van der Waals surface area contributed by atoms with E-state index >= 15 is 0 Å². The van der Waals surface area contributed by atoms with Gasteiger partial charge in [-0.2, -0.15) is 0 Å². The van der Waals surface area contributed by atoms with Crippen LogP contribution in [0, 0.1) is 5.92 Å². The molecular weight excluding hydrogens is 426 g/mol. The summed E-state index contributed by atoms with van der Waals surface area (Å²) in [5, 5.41) is 24.8. The Morgan fingerprint density at radius 3 is 2.21 bits per heavy atom. The normalized spacial score (nSPS) is 13.2. The third kappa shape index (κ3) is 9.29. The Bertz CT molecular complexity index is 773. The van der Waals surface area contributed by atoms with E-state index in [1.807, 2.05) is 6.92 Å². The van der Waals surface area contributed by atoms with Crippen LogP contribution in [-0.2, 0) is 14.3 Å². The molecule has 0 aliphatic carbocycles. The van der Waals surface area contributed by atoms with Gasteiger partial charge in [-0.25, -0.2) is 4.79 Å². The highest BCUT2D eigenvalue weighted by Gasteiger charge is 2.37. The third-order valence-corrected chi connectivity index (χ3v) is 4.83. The van der Waals surface area contributed by atoms with Crippen molar-refractivity contribution in [2.24, 2.45) is 5.92 Å². The van der Waals surface area contributed by atoms with Gasteiger partial charge in [0.25, 0.3) is 0 Å². The molecule has 0 aromatic heterocycles. The molecule has 0 fully saturated rings. The molecule has 0 aliphatic heterocycles. The average Bonchev–Trinajstić information content (AvgIpc) is 2.71. The highest BCUT2D eigenvalue weighted by atomic mass is 16.6. The Labute approximate surface area is 196 Å². The number of amides is 3. The first-order valence-corrected chi connectivity index (χ1v) is 11.4. The number of nitrogens with zero attached hydrogens (tertiary/aromatic N) is 1. The van der Waals surface area contributed by atoms with Crippen LogP contribution in [0.5, 0.6) is 5.75 Å². The van der Waals surface area contributed by atoms with Gasteiger partial charge in [-0.05, 0) is 50.8 Å². The van der Waals surface area contributed by atoms with E-state index in [0.29, 0.717) is 12.1 Å². The first-order valence-electron chi connectivity index (χ1n) is 11.4. The fourth-order valence-electron chi connectivity index (χ4n) is 3.22. The smallest absolute Gasteiger partial charge is 0.408 e. The molecule has 186 valence electrons. The molecule has 4 N–H and O–H groups in total. The molecule has 33 heavy (non-hydrogen) atoms. The van der Waals surface area contributed by atoms with E-state index in [2.05, 4.69) is 10.6 Å². The maximum absolute atomic E-state index is 13.6. The van der Waals surface area contributed by atoms with Crippen LogP contribution < -0.4 is 10.6 Å². The van der Waals surface area contributed by atoms with E-state index in [4.69, 9.17) is 4.74 Å². The lowest BCUT2D eigenvalue weighted by Crippen LogP contribution is -2.55. The van der Waals surface area contributed by atoms with Gasteiger partial charge in [-0.1, -0.05) is 39.3 Å². The molecule has 2 unspecified atom stereocenters. The largest absolute Gasteiger partial charge is 0.508 e. The maximum Gasteiger partial charge on any atom is 0.408 e. The van der Waals surface area contributed by atoms with Crippen LogP contribution in [0.2, 0.25) is 0 Å². The van der Waals surface area contributed by atoms with Gasteiger partial charge in [0.05, 0.1) is 6.61 Å². The van der Waals surface area contributed by atoms with Gasteiger partial charge in [-0.3, -0.25) is 9.59 Å². The molecule has 9 nitrogen and oxygen atoms in total. The molecule has 9 heteroatoms. The van der Waals surface area contributed by atoms with Gasteiger partial charge >= 0.3 is 6.09 Å². The van der Waals surface area contributed by atoms with Gasteiger partial charge in [0.1, 0.15) is 23.4 Å². The number of rotatable bonds is 11. The minimum atomic E-state index is -1.05. The van der Waals surface area contributed by atoms with E-state index in [-0.39, 0.29) is 24.8 Å². The number of hydrogen-bond donors (Lipinski definition) is 4. The van der Waals surface area contributed by atoms with E-state index in [0.717, 1.165) is 12.8 Å². The molecule has 0 bridgehead atoms. The molecule has 0 saturated heterocycles. The number of carbonyl (C=O) groups excluding carboxylic acids is 3. The van der Waals surface area contributed by atoms with Gasteiger partial charge in [0.2, 0.25) is 11.8 Å². The quantitative estimate of drug-likeness (QED) is 0.372. The van der Waals surface area contributed by atoms with Crippen molar-refractivity contribution in [2.75, 3.05) is 19.7 Å². The van der Waals surface area contributed by atoms with Gasteiger partial charge in [0.15, 0.2) is 0 Å². The summed E-state index contributed by atoms with van der Waals surface area (Å²) in [6.45, 7) is 10.6. The number of carbonyl (C=O) groups is 3. The molecule has 3 amide bonds. The highest BCUT2D eigenvalue weighted by molar-refractivity contribution is 5.92. The molecule has 1 aromatic rings. The number of phenols is 1. The number of aliphatic hydroxyl groups is 1. The van der Waals surface area contributed by atoms with Crippen LogP contribution in [0.4, 0.5) is 4.79 Å². The molecule has 1 aromatic carbocycles. The van der Waals surface area contributed by atoms with E-state index in [9.17, 15) is 24.6 Å². The Morgan fingerprint density at radius 1 is 1.12 bits per heavy atom. The lowest BCUT2D eigenvalue weighted by Gasteiger charge is -2.35.